The molecule has 0 unspecified atom stereocenters. The van der Waals surface area contributed by atoms with E-state index in [-0.39, 0.29) is 0 Å². The molecule has 80 valence electrons. The van der Waals surface area contributed by atoms with Crippen LogP contribution < -0.4 is 0 Å². The van der Waals surface area contributed by atoms with Crippen molar-refractivity contribution < 1.29 is 4.79 Å². The van der Waals surface area contributed by atoms with Crippen molar-refractivity contribution in [1.29, 1.82) is 0 Å². The minimum absolute atomic E-state index is 0.812. The van der Waals surface area contributed by atoms with Crippen molar-refractivity contribution in [3.63, 3.8) is 0 Å². The molecule has 0 fully saturated rings. The van der Waals surface area contributed by atoms with Crippen LogP contribution in [0.1, 0.15) is 20.8 Å². The average Bonchev–Trinajstić information content (AvgIpc) is 2.78. The highest BCUT2D eigenvalue weighted by molar-refractivity contribution is 7.11. The molecule has 1 aromatic heterocycles. The van der Waals surface area contributed by atoms with E-state index in [1.807, 2.05) is 29.6 Å². The molecule has 0 bridgehead atoms. The van der Waals surface area contributed by atoms with Gasteiger partial charge in [-0.15, -0.1) is 11.3 Å². The topological polar surface area (TPSA) is 17.1 Å². The van der Waals surface area contributed by atoms with Crippen LogP contribution in [0.3, 0.4) is 0 Å². The Morgan fingerprint density at radius 2 is 1.94 bits per heavy atom. The lowest BCUT2D eigenvalue weighted by Gasteiger charge is -1.93. The van der Waals surface area contributed by atoms with E-state index in [1.165, 1.54) is 16.9 Å². The zero-order chi connectivity index (χ0) is 11.2. The highest BCUT2D eigenvalue weighted by Gasteiger charge is 1.99. The predicted octanol–water partition coefficient (Wildman–Crippen LogP) is 3.82. The van der Waals surface area contributed by atoms with Crippen LogP contribution in [0.2, 0.25) is 0 Å². The van der Waals surface area contributed by atoms with Gasteiger partial charge in [-0.25, -0.2) is 0 Å². The third-order valence-electron chi connectivity index (χ3n) is 2.34. The molecule has 2 rings (SSSR count). The second-order valence-electron chi connectivity index (χ2n) is 3.45. The standard InChI is InChI=1S/C14H12OS/c15-11-14-13(9-10-16-14)8-4-7-12-5-2-1-3-6-12/h1-7,9-11H,8H2/b7-4+. The van der Waals surface area contributed by atoms with Crippen LogP contribution in [0.4, 0.5) is 0 Å². The van der Waals surface area contributed by atoms with Crippen LogP contribution in [0, 0.1) is 0 Å². The fourth-order valence-electron chi connectivity index (χ4n) is 1.51. The predicted molar refractivity (Wildman–Crippen MR) is 68.9 cm³/mol. The third kappa shape index (κ3) is 2.67. The van der Waals surface area contributed by atoms with Gasteiger partial charge in [-0.1, -0.05) is 42.5 Å². The molecule has 0 aliphatic heterocycles. The SMILES string of the molecule is O=Cc1sccc1C/C=C/c1ccccc1. The molecule has 0 aliphatic rings. The van der Waals surface area contributed by atoms with E-state index in [4.69, 9.17) is 0 Å². The van der Waals surface area contributed by atoms with Crippen molar-refractivity contribution in [3.05, 3.63) is 63.9 Å². The Bertz CT molecular complexity index is 482. The first-order chi connectivity index (χ1) is 7.90. The summed E-state index contributed by atoms with van der Waals surface area (Å²) >= 11 is 1.49. The summed E-state index contributed by atoms with van der Waals surface area (Å²) in [5.41, 5.74) is 2.29. The maximum absolute atomic E-state index is 10.7. The fraction of sp³-hybridized carbons (Fsp3) is 0.0714. The second-order valence-corrected chi connectivity index (χ2v) is 4.39. The lowest BCUT2D eigenvalue weighted by atomic mass is 10.1. The number of thiophene rings is 1. The largest absolute Gasteiger partial charge is 0.297 e. The van der Waals surface area contributed by atoms with Gasteiger partial charge in [-0.3, -0.25) is 4.79 Å². The van der Waals surface area contributed by atoms with Crippen molar-refractivity contribution in [2.45, 2.75) is 6.42 Å². The molecule has 1 heterocycles. The molecule has 2 heteroatoms. The fourth-order valence-corrected chi connectivity index (χ4v) is 2.24. The monoisotopic (exact) mass is 228 g/mol. The van der Waals surface area contributed by atoms with E-state index in [0.717, 1.165) is 23.1 Å². The minimum atomic E-state index is 0.812. The average molecular weight is 228 g/mol. The van der Waals surface area contributed by atoms with Gasteiger partial charge in [0.05, 0.1) is 4.88 Å². The lowest BCUT2D eigenvalue weighted by molar-refractivity contribution is 0.112. The number of hydrogen-bond donors (Lipinski definition) is 0. The quantitative estimate of drug-likeness (QED) is 0.727. The summed E-state index contributed by atoms with van der Waals surface area (Å²) < 4.78 is 0. The first kappa shape index (κ1) is 10.8. The summed E-state index contributed by atoms with van der Waals surface area (Å²) in [6.07, 6.45) is 5.90. The number of allylic oxidation sites excluding steroid dienone is 1. The molecule has 1 aromatic carbocycles. The zero-order valence-electron chi connectivity index (χ0n) is 8.80. The molecule has 16 heavy (non-hydrogen) atoms. The Labute approximate surface area is 99.1 Å². The summed E-state index contributed by atoms with van der Waals surface area (Å²) in [5, 5.41) is 1.95. The summed E-state index contributed by atoms with van der Waals surface area (Å²) in [6, 6.07) is 12.2. The molecule has 0 saturated carbocycles. The summed E-state index contributed by atoms with van der Waals surface area (Å²) in [7, 11) is 0. The molecular formula is C14H12OS. The van der Waals surface area contributed by atoms with Crippen molar-refractivity contribution in [2.24, 2.45) is 0 Å². The van der Waals surface area contributed by atoms with Crippen LogP contribution in [-0.2, 0) is 6.42 Å². The van der Waals surface area contributed by atoms with Crippen LogP contribution in [0.25, 0.3) is 6.08 Å². The summed E-state index contributed by atoms with van der Waals surface area (Å²) in [4.78, 5) is 11.5. The molecule has 0 amide bonds. The van der Waals surface area contributed by atoms with Crippen LogP contribution in [0.15, 0.2) is 47.9 Å². The van der Waals surface area contributed by atoms with Gasteiger partial charge in [0.25, 0.3) is 0 Å². The highest BCUT2D eigenvalue weighted by atomic mass is 32.1. The minimum Gasteiger partial charge on any atom is -0.297 e. The van der Waals surface area contributed by atoms with Crippen molar-refractivity contribution in [2.75, 3.05) is 0 Å². The molecule has 0 N–H and O–H groups in total. The van der Waals surface area contributed by atoms with E-state index >= 15 is 0 Å². The van der Waals surface area contributed by atoms with Crippen molar-refractivity contribution in [1.82, 2.24) is 0 Å². The number of hydrogen-bond acceptors (Lipinski definition) is 2. The number of carbonyl (C=O) groups excluding carboxylic acids is 1. The Morgan fingerprint density at radius 1 is 1.12 bits per heavy atom. The maximum atomic E-state index is 10.7. The molecule has 0 atom stereocenters. The van der Waals surface area contributed by atoms with E-state index in [9.17, 15) is 4.79 Å². The van der Waals surface area contributed by atoms with Gasteiger partial charge >= 0.3 is 0 Å². The van der Waals surface area contributed by atoms with Gasteiger partial charge in [0.1, 0.15) is 0 Å². The van der Waals surface area contributed by atoms with Gasteiger partial charge in [-0.05, 0) is 29.0 Å². The molecule has 2 aromatic rings. The first-order valence-corrected chi connectivity index (χ1v) is 6.01. The molecule has 0 radical (unpaired) electrons. The van der Waals surface area contributed by atoms with Crippen molar-refractivity contribution >= 4 is 23.7 Å². The Kier molecular flexibility index (Phi) is 3.67. The van der Waals surface area contributed by atoms with E-state index in [2.05, 4.69) is 24.3 Å². The molecule has 0 saturated heterocycles. The van der Waals surface area contributed by atoms with Crippen molar-refractivity contribution in [3.8, 4) is 0 Å². The van der Waals surface area contributed by atoms with Gasteiger partial charge in [0.15, 0.2) is 6.29 Å². The van der Waals surface area contributed by atoms with Crippen LogP contribution in [-0.4, -0.2) is 6.29 Å². The van der Waals surface area contributed by atoms with E-state index < -0.39 is 0 Å². The van der Waals surface area contributed by atoms with Gasteiger partial charge in [0, 0.05) is 0 Å². The first-order valence-electron chi connectivity index (χ1n) is 5.13. The zero-order valence-corrected chi connectivity index (χ0v) is 9.61. The smallest absolute Gasteiger partial charge is 0.160 e. The number of aldehydes is 1. The molecule has 0 aliphatic carbocycles. The van der Waals surface area contributed by atoms with E-state index in [1.54, 1.807) is 0 Å². The van der Waals surface area contributed by atoms with Gasteiger partial charge in [0.2, 0.25) is 0 Å². The Balaban J connectivity index is 2.02. The third-order valence-corrected chi connectivity index (χ3v) is 3.22. The molecule has 1 nitrogen and oxygen atoms in total. The molecular weight excluding hydrogens is 216 g/mol. The summed E-state index contributed by atoms with van der Waals surface area (Å²) in [5.74, 6) is 0. The number of rotatable bonds is 4. The second kappa shape index (κ2) is 5.42. The Hall–Kier alpha value is -1.67. The Morgan fingerprint density at radius 3 is 2.69 bits per heavy atom. The maximum Gasteiger partial charge on any atom is 0.160 e. The summed E-state index contributed by atoms with van der Waals surface area (Å²) in [6.45, 7) is 0. The van der Waals surface area contributed by atoms with Gasteiger partial charge < -0.3 is 0 Å². The highest BCUT2D eigenvalue weighted by Crippen LogP contribution is 2.15. The normalized spacial score (nSPS) is 10.8. The number of benzene rings is 1. The van der Waals surface area contributed by atoms with Gasteiger partial charge in [-0.2, -0.15) is 0 Å². The van der Waals surface area contributed by atoms with Crippen LogP contribution >= 0.6 is 11.3 Å². The van der Waals surface area contributed by atoms with Crippen LogP contribution in [0.5, 0.6) is 0 Å². The lowest BCUT2D eigenvalue weighted by Crippen LogP contribution is -1.82. The molecule has 0 spiro atoms. The van der Waals surface area contributed by atoms with E-state index in [0.29, 0.717) is 0 Å². The number of carbonyl (C=O) groups is 1.